The second-order valence-corrected chi connectivity index (χ2v) is 5.29. The lowest BCUT2D eigenvalue weighted by atomic mass is 9.98. The Morgan fingerprint density at radius 1 is 1.12 bits per heavy atom. The maximum absolute atomic E-state index is 12.0. The fourth-order valence-electron chi connectivity index (χ4n) is 2.74. The Kier molecular flexibility index (Phi) is 4.22. The molecule has 1 heterocycles. The highest BCUT2D eigenvalue weighted by molar-refractivity contribution is 5.73. The predicted molar refractivity (Wildman–Crippen MR) is 63.1 cm³/mol. The van der Waals surface area contributed by atoms with Gasteiger partial charge in [0.15, 0.2) is 0 Å². The zero-order valence-electron chi connectivity index (χ0n) is 10.2. The minimum Gasteiger partial charge on any atom is -0.462 e. The van der Waals surface area contributed by atoms with Crippen molar-refractivity contribution in [2.75, 3.05) is 13.1 Å². The van der Waals surface area contributed by atoms with Crippen LogP contribution in [0.15, 0.2) is 0 Å². The van der Waals surface area contributed by atoms with Gasteiger partial charge in [0.25, 0.3) is 0 Å². The summed E-state index contributed by atoms with van der Waals surface area (Å²) in [6.07, 6.45) is 7.38. The van der Waals surface area contributed by atoms with Crippen molar-refractivity contribution in [1.82, 2.24) is 5.32 Å². The average molecular weight is 225 g/mol. The molecule has 1 aliphatic heterocycles. The lowest BCUT2D eigenvalue weighted by Gasteiger charge is -2.19. The molecule has 3 nitrogen and oxygen atoms in total. The molecule has 1 N–H and O–H groups in total. The number of hydrogen-bond donors (Lipinski definition) is 1. The van der Waals surface area contributed by atoms with Crippen molar-refractivity contribution in [3.05, 3.63) is 0 Å². The zero-order chi connectivity index (χ0) is 11.4. The Labute approximate surface area is 97.9 Å². The van der Waals surface area contributed by atoms with Gasteiger partial charge in [0.05, 0.1) is 5.92 Å². The van der Waals surface area contributed by atoms with Gasteiger partial charge in [-0.25, -0.2) is 0 Å². The first kappa shape index (κ1) is 11.9. The molecule has 2 atom stereocenters. The third kappa shape index (κ3) is 2.97. The van der Waals surface area contributed by atoms with Gasteiger partial charge < -0.3 is 10.1 Å². The van der Waals surface area contributed by atoms with Crippen LogP contribution in [0, 0.1) is 11.8 Å². The van der Waals surface area contributed by atoms with Crippen LogP contribution < -0.4 is 5.32 Å². The molecule has 16 heavy (non-hydrogen) atoms. The van der Waals surface area contributed by atoms with Crippen LogP contribution in [0.25, 0.3) is 0 Å². The van der Waals surface area contributed by atoms with Crippen LogP contribution in [0.1, 0.15) is 45.4 Å². The topological polar surface area (TPSA) is 38.3 Å². The first-order valence-electron chi connectivity index (χ1n) is 6.68. The average Bonchev–Trinajstić information content (AvgIpc) is 2.53. The smallest absolute Gasteiger partial charge is 0.310 e. The summed E-state index contributed by atoms with van der Waals surface area (Å²) in [6.45, 7) is 3.87. The Bertz CT molecular complexity index is 234. The van der Waals surface area contributed by atoms with E-state index in [1.165, 1.54) is 25.7 Å². The summed E-state index contributed by atoms with van der Waals surface area (Å²) in [5.74, 6) is 0.547. The van der Waals surface area contributed by atoms with E-state index >= 15 is 0 Å². The summed E-state index contributed by atoms with van der Waals surface area (Å²) in [7, 11) is 0. The van der Waals surface area contributed by atoms with Crippen molar-refractivity contribution in [2.45, 2.75) is 51.6 Å². The largest absolute Gasteiger partial charge is 0.462 e. The highest BCUT2D eigenvalue weighted by Crippen LogP contribution is 2.23. The molecule has 2 aliphatic rings. The third-order valence-corrected chi connectivity index (χ3v) is 3.91. The zero-order valence-corrected chi connectivity index (χ0v) is 10.2. The minimum absolute atomic E-state index is 0.0319. The standard InChI is InChI=1S/C13H23NO2/c1-10-8-14-9-12(10)13(15)16-11-6-4-2-3-5-7-11/h10-12,14H,2-9H2,1H3/t10-,12-/m1/s1. The van der Waals surface area contributed by atoms with Crippen LogP contribution >= 0.6 is 0 Å². The number of carbonyl (C=O) groups is 1. The second-order valence-electron chi connectivity index (χ2n) is 5.29. The highest BCUT2D eigenvalue weighted by atomic mass is 16.5. The van der Waals surface area contributed by atoms with Crippen LogP contribution in [-0.2, 0) is 9.53 Å². The highest BCUT2D eigenvalue weighted by Gasteiger charge is 2.32. The summed E-state index contributed by atoms with van der Waals surface area (Å²) in [5, 5.41) is 3.25. The number of nitrogens with one attached hydrogen (secondary N) is 1. The lowest BCUT2D eigenvalue weighted by molar-refractivity contribution is -0.155. The van der Waals surface area contributed by atoms with Crippen molar-refractivity contribution >= 4 is 5.97 Å². The van der Waals surface area contributed by atoms with Gasteiger partial charge in [-0.15, -0.1) is 0 Å². The van der Waals surface area contributed by atoms with Crippen LogP contribution in [0.3, 0.4) is 0 Å². The van der Waals surface area contributed by atoms with Gasteiger partial charge in [0.1, 0.15) is 6.10 Å². The number of ether oxygens (including phenoxy) is 1. The van der Waals surface area contributed by atoms with Gasteiger partial charge in [-0.1, -0.05) is 19.8 Å². The monoisotopic (exact) mass is 225 g/mol. The molecule has 1 saturated carbocycles. The molecule has 0 bridgehead atoms. The predicted octanol–water partition coefficient (Wildman–Crippen LogP) is 2.11. The van der Waals surface area contributed by atoms with Crippen LogP contribution in [0.2, 0.25) is 0 Å². The van der Waals surface area contributed by atoms with E-state index in [1.54, 1.807) is 0 Å². The molecule has 1 aliphatic carbocycles. The SMILES string of the molecule is C[C@@H]1CNC[C@H]1C(=O)OC1CCCCCC1. The van der Waals surface area contributed by atoms with Gasteiger partial charge in [0, 0.05) is 6.54 Å². The van der Waals surface area contributed by atoms with Gasteiger partial charge >= 0.3 is 5.97 Å². The Balaban J connectivity index is 1.81. The molecule has 3 heteroatoms. The summed E-state index contributed by atoms with van der Waals surface area (Å²) in [5.41, 5.74) is 0. The first-order valence-corrected chi connectivity index (χ1v) is 6.68. The van der Waals surface area contributed by atoms with Crippen molar-refractivity contribution in [3.63, 3.8) is 0 Å². The molecule has 0 aromatic heterocycles. The second kappa shape index (κ2) is 5.67. The minimum atomic E-state index is 0.0319. The number of rotatable bonds is 2. The Morgan fingerprint density at radius 2 is 1.81 bits per heavy atom. The van der Waals surface area contributed by atoms with E-state index in [2.05, 4.69) is 12.2 Å². The van der Waals surface area contributed by atoms with Gasteiger partial charge in [0.2, 0.25) is 0 Å². The number of esters is 1. The summed E-state index contributed by atoms with van der Waals surface area (Å²) < 4.78 is 5.65. The quantitative estimate of drug-likeness (QED) is 0.578. The normalized spacial score (nSPS) is 32.3. The number of carbonyl (C=O) groups excluding carboxylic acids is 1. The molecular weight excluding hydrogens is 202 g/mol. The van der Waals surface area contributed by atoms with Gasteiger partial charge in [-0.2, -0.15) is 0 Å². The van der Waals surface area contributed by atoms with Crippen molar-refractivity contribution in [1.29, 1.82) is 0 Å². The van der Waals surface area contributed by atoms with E-state index in [0.29, 0.717) is 5.92 Å². The summed E-state index contributed by atoms with van der Waals surface area (Å²) in [4.78, 5) is 12.0. The molecule has 0 aromatic rings. The molecule has 1 saturated heterocycles. The Morgan fingerprint density at radius 3 is 2.38 bits per heavy atom. The fourth-order valence-corrected chi connectivity index (χ4v) is 2.74. The molecule has 0 radical (unpaired) electrons. The molecule has 2 fully saturated rings. The molecule has 0 spiro atoms. The van der Waals surface area contributed by atoms with Gasteiger partial charge in [-0.3, -0.25) is 4.79 Å². The molecule has 0 amide bonds. The first-order chi connectivity index (χ1) is 7.77. The lowest BCUT2D eigenvalue weighted by Crippen LogP contribution is -2.28. The molecule has 92 valence electrons. The summed E-state index contributed by atoms with van der Waals surface area (Å²) >= 11 is 0. The molecular formula is C13H23NO2. The van der Waals surface area contributed by atoms with E-state index in [1.807, 2.05) is 0 Å². The van der Waals surface area contributed by atoms with E-state index in [0.717, 1.165) is 25.9 Å². The van der Waals surface area contributed by atoms with Crippen LogP contribution in [0.5, 0.6) is 0 Å². The van der Waals surface area contributed by atoms with E-state index < -0.39 is 0 Å². The van der Waals surface area contributed by atoms with E-state index in [-0.39, 0.29) is 18.0 Å². The third-order valence-electron chi connectivity index (χ3n) is 3.91. The van der Waals surface area contributed by atoms with E-state index in [9.17, 15) is 4.79 Å². The van der Waals surface area contributed by atoms with Gasteiger partial charge in [-0.05, 0) is 38.1 Å². The maximum atomic E-state index is 12.0. The Hall–Kier alpha value is -0.570. The summed E-state index contributed by atoms with van der Waals surface area (Å²) in [6, 6.07) is 0. The van der Waals surface area contributed by atoms with Crippen LogP contribution in [-0.4, -0.2) is 25.2 Å². The molecule has 0 unspecified atom stereocenters. The van der Waals surface area contributed by atoms with Crippen molar-refractivity contribution in [3.8, 4) is 0 Å². The molecule has 2 rings (SSSR count). The van der Waals surface area contributed by atoms with Crippen molar-refractivity contribution < 1.29 is 9.53 Å². The van der Waals surface area contributed by atoms with Crippen LogP contribution in [0.4, 0.5) is 0 Å². The van der Waals surface area contributed by atoms with Crippen molar-refractivity contribution in [2.24, 2.45) is 11.8 Å². The number of hydrogen-bond acceptors (Lipinski definition) is 3. The van der Waals surface area contributed by atoms with E-state index in [4.69, 9.17) is 4.74 Å². The molecule has 0 aromatic carbocycles. The maximum Gasteiger partial charge on any atom is 0.310 e. The fraction of sp³-hybridized carbons (Fsp3) is 0.923.